The second kappa shape index (κ2) is 19.0. The van der Waals surface area contributed by atoms with Crippen molar-refractivity contribution in [1.82, 2.24) is 49.5 Å². The Morgan fingerprint density at radius 2 is 1.08 bits per heavy atom. The molecular weight excluding hydrogens is 872 g/mol. The van der Waals surface area contributed by atoms with Gasteiger partial charge in [0.05, 0.1) is 0 Å². The molecule has 2 aliphatic heterocycles. The minimum atomic E-state index is -0.337. The Morgan fingerprint density at radius 1 is 0.619 bits per heavy atom. The number of hydrogen-bond donors (Lipinski definition) is 1. The normalized spacial score (nSPS) is 22.3. The lowest BCUT2D eigenvalue weighted by Gasteiger charge is -2.38. The van der Waals surface area contributed by atoms with Crippen molar-refractivity contribution in [2.24, 2.45) is 49.4 Å². The van der Waals surface area contributed by atoms with Crippen LogP contribution in [-0.2, 0) is 20.5 Å². The summed E-state index contributed by atoms with van der Waals surface area (Å²) in [7, 11) is 3.51. The SMILES string of the molecule is Cc1cc(F)cc(Oc2nc(Br)nn2C)c1.Cc1cc(F)cc(Oc2nc(CC3C4CCC3CN(c3cc(C)ncn3)C4)nn2C)c1.Cc1cc(N2CC3CCC(C2)C3N)ncn1. The van der Waals surface area contributed by atoms with E-state index in [2.05, 4.69) is 78.0 Å². The second-order valence-electron chi connectivity index (χ2n) is 17.3. The molecular formula is C45H54BrF2N13O2. The molecule has 0 radical (unpaired) electrons. The summed E-state index contributed by atoms with van der Waals surface area (Å²) in [5.74, 6) is 6.16. The lowest BCUT2D eigenvalue weighted by Crippen LogP contribution is -2.49. The fraction of sp³-hybridized carbons (Fsp3) is 0.467. The van der Waals surface area contributed by atoms with Crippen LogP contribution in [0.2, 0.25) is 0 Å². The number of benzene rings is 2. The number of fused-ring (bicyclic) bond motifs is 4. The molecule has 2 saturated carbocycles. The highest BCUT2D eigenvalue weighted by atomic mass is 79.9. The fourth-order valence-electron chi connectivity index (χ4n) is 9.50. The van der Waals surface area contributed by atoms with Gasteiger partial charge in [-0.15, -0.1) is 5.10 Å². The zero-order valence-corrected chi connectivity index (χ0v) is 38.1. The van der Waals surface area contributed by atoms with Crippen LogP contribution >= 0.6 is 15.9 Å². The van der Waals surface area contributed by atoms with Gasteiger partial charge in [0.1, 0.15) is 47.4 Å². The monoisotopic (exact) mass is 925 g/mol. The average molecular weight is 927 g/mol. The first kappa shape index (κ1) is 44.0. The standard InChI is InChI=1S/C23H27FN6O.C12H18N4.C10H9BrFN3O/c1-14-6-18(24)9-19(7-14)31-23-27-21(28-29(23)3)10-20-16-4-5-17(20)12-30(11-16)22-8-15(2)25-13-26-22;1-8-4-11(15-7-14-8)16-5-9-2-3-10(6-16)12(9)13;1-6-3-7(12)5-8(4-6)16-10-13-9(11)14-15(10)2/h6-9,13,16-17,20H,4-5,10-12H2,1-3H3;4,7,9-10,12H,2-3,5-6,13H2,1H3;3-5H,1-2H3. The number of halogens is 3. The highest BCUT2D eigenvalue weighted by Crippen LogP contribution is 2.44. The van der Waals surface area contributed by atoms with Crippen molar-refractivity contribution in [3.8, 4) is 23.5 Å². The van der Waals surface area contributed by atoms with Crippen molar-refractivity contribution in [3.05, 3.63) is 106 Å². The lowest BCUT2D eigenvalue weighted by molar-refractivity contribution is 0.264. The summed E-state index contributed by atoms with van der Waals surface area (Å²) in [6, 6.07) is 14.3. The quantitative estimate of drug-likeness (QED) is 0.159. The van der Waals surface area contributed by atoms with Gasteiger partial charge in [-0.3, -0.25) is 0 Å². The molecule has 0 spiro atoms. The number of nitrogens with two attached hydrogens (primary N) is 1. The maximum Gasteiger partial charge on any atom is 0.321 e. The molecule has 0 amide bonds. The summed E-state index contributed by atoms with van der Waals surface area (Å²) in [4.78, 5) is 30.6. The van der Waals surface area contributed by atoms with Gasteiger partial charge in [-0.2, -0.15) is 15.1 Å². The van der Waals surface area contributed by atoms with Crippen LogP contribution in [0.1, 0.15) is 54.0 Å². The second-order valence-corrected chi connectivity index (χ2v) is 18.0. The molecule has 10 rings (SSSR count). The summed E-state index contributed by atoms with van der Waals surface area (Å²) in [5.41, 5.74) is 9.82. The van der Waals surface area contributed by atoms with Gasteiger partial charge in [0, 0.05) is 88.4 Å². The summed E-state index contributed by atoms with van der Waals surface area (Å²) in [5, 5.41) is 8.54. The van der Waals surface area contributed by atoms with Crippen LogP contribution < -0.4 is 25.0 Å². The summed E-state index contributed by atoms with van der Waals surface area (Å²) >= 11 is 3.13. The van der Waals surface area contributed by atoms with Gasteiger partial charge in [0.2, 0.25) is 4.73 Å². The van der Waals surface area contributed by atoms with Crippen LogP contribution in [0.4, 0.5) is 20.4 Å². The first-order valence-corrected chi connectivity index (χ1v) is 22.2. The van der Waals surface area contributed by atoms with E-state index in [0.29, 0.717) is 63.9 Å². The molecule has 2 aliphatic carbocycles. The highest BCUT2D eigenvalue weighted by Gasteiger charge is 2.43. The molecule has 332 valence electrons. The number of ether oxygens (including phenoxy) is 2. The van der Waals surface area contributed by atoms with E-state index in [-0.39, 0.29) is 11.6 Å². The Hall–Kier alpha value is -5.62. The van der Waals surface area contributed by atoms with E-state index < -0.39 is 0 Å². The van der Waals surface area contributed by atoms with Crippen molar-refractivity contribution in [2.45, 2.75) is 65.8 Å². The van der Waals surface area contributed by atoms with Crippen LogP contribution in [0, 0.1) is 68.9 Å². The van der Waals surface area contributed by atoms with Crippen LogP contribution in [-0.4, -0.2) is 81.7 Å². The predicted octanol–water partition coefficient (Wildman–Crippen LogP) is 7.63. The van der Waals surface area contributed by atoms with Gasteiger partial charge in [-0.05, 0) is 134 Å². The number of anilines is 2. The highest BCUT2D eigenvalue weighted by molar-refractivity contribution is 9.10. The zero-order valence-electron chi connectivity index (χ0n) is 36.5. The number of rotatable bonds is 8. The van der Waals surface area contributed by atoms with Gasteiger partial charge >= 0.3 is 12.0 Å². The molecule has 2 N–H and O–H groups in total. The van der Waals surface area contributed by atoms with Crippen molar-refractivity contribution in [2.75, 3.05) is 36.0 Å². The molecule has 4 fully saturated rings. The first-order valence-electron chi connectivity index (χ1n) is 21.4. The van der Waals surface area contributed by atoms with Crippen LogP contribution in [0.25, 0.3) is 0 Å². The predicted molar refractivity (Wildman–Crippen MR) is 238 cm³/mol. The Balaban J connectivity index is 0.000000143. The lowest BCUT2D eigenvalue weighted by atomic mass is 9.82. The van der Waals surface area contributed by atoms with E-state index in [1.54, 1.807) is 43.4 Å². The molecule has 4 bridgehead atoms. The van der Waals surface area contributed by atoms with Crippen molar-refractivity contribution in [1.29, 1.82) is 0 Å². The Labute approximate surface area is 374 Å². The van der Waals surface area contributed by atoms with E-state index in [4.69, 9.17) is 15.2 Å². The molecule has 6 aromatic rings. The molecule has 4 atom stereocenters. The summed E-state index contributed by atoms with van der Waals surface area (Å²) in [6.07, 6.45) is 9.17. The van der Waals surface area contributed by atoms with Crippen molar-refractivity contribution >= 4 is 27.6 Å². The van der Waals surface area contributed by atoms with E-state index in [9.17, 15) is 8.78 Å². The van der Waals surface area contributed by atoms with Crippen LogP contribution in [0.3, 0.4) is 0 Å². The first-order chi connectivity index (χ1) is 30.2. The molecule has 4 aromatic heterocycles. The molecule has 2 saturated heterocycles. The van der Waals surface area contributed by atoms with E-state index in [1.165, 1.54) is 54.6 Å². The van der Waals surface area contributed by atoms with Crippen molar-refractivity contribution in [3.63, 3.8) is 0 Å². The minimum Gasteiger partial charge on any atom is -0.424 e. The Morgan fingerprint density at radius 3 is 1.54 bits per heavy atom. The number of nitrogens with zero attached hydrogens (tertiary/aromatic N) is 12. The van der Waals surface area contributed by atoms with Gasteiger partial charge in [0.25, 0.3) is 0 Å². The fourth-order valence-corrected chi connectivity index (χ4v) is 9.89. The maximum absolute atomic E-state index is 13.7. The summed E-state index contributed by atoms with van der Waals surface area (Å²) in [6.45, 7) is 11.8. The molecule has 6 heterocycles. The summed E-state index contributed by atoms with van der Waals surface area (Å²) < 4.78 is 41.5. The number of hydrogen-bond acceptors (Lipinski definition) is 13. The smallest absolute Gasteiger partial charge is 0.321 e. The third-order valence-electron chi connectivity index (χ3n) is 12.5. The van der Waals surface area contributed by atoms with E-state index in [1.807, 2.05) is 27.8 Å². The Bertz CT molecular complexity index is 2470. The van der Waals surface area contributed by atoms with Crippen molar-refractivity contribution < 1.29 is 18.3 Å². The van der Waals surface area contributed by atoms with Gasteiger partial charge in [0.15, 0.2) is 5.82 Å². The molecule has 63 heavy (non-hydrogen) atoms. The largest absolute Gasteiger partial charge is 0.424 e. The average Bonchev–Trinajstić information content (AvgIpc) is 3.85. The minimum absolute atomic E-state index is 0.303. The van der Waals surface area contributed by atoms with Crippen LogP contribution in [0.15, 0.2) is 65.9 Å². The van der Waals surface area contributed by atoms with Crippen LogP contribution in [0.5, 0.6) is 23.5 Å². The molecule has 4 aliphatic rings. The zero-order chi connectivity index (χ0) is 44.4. The Kier molecular flexibility index (Phi) is 13.3. The van der Waals surface area contributed by atoms with E-state index >= 15 is 0 Å². The molecule has 2 aromatic carbocycles. The van der Waals surface area contributed by atoms with Gasteiger partial charge < -0.3 is 25.0 Å². The number of aryl methyl sites for hydroxylation is 6. The van der Waals surface area contributed by atoms with Gasteiger partial charge in [-0.25, -0.2) is 38.1 Å². The topological polar surface area (TPSA) is 164 Å². The maximum atomic E-state index is 13.7. The molecule has 18 heteroatoms. The molecule has 15 nitrogen and oxygen atoms in total. The number of piperidine rings is 2. The third-order valence-corrected chi connectivity index (χ3v) is 12.8. The van der Waals surface area contributed by atoms with Gasteiger partial charge in [-0.1, -0.05) is 0 Å². The molecule has 4 unspecified atom stereocenters. The number of aromatic nitrogens is 10. The third kappa shape index (κ3) is 10.8. The van der Waals surface area contributed by atoms with E-state index in [0.717, 1.165) is 72.6 Å².